The van der Waals surface area contributed by atoms with Gasteiger partial charge in [-0.25, -0.2) is 9.59 Å². The van der Waals surface area contributed by atoms with Crippen LogP contribution in [0.1, 0.15) is 69.3 Å². The van der Waals surface area contributed by atoms with Crippen LogP contribution in [-0.2, 0) is 15.9 Å². The van der Waals surface area contributed by atoms with E-state index < -0.39 is 12.1 Å². The van der Waals surface area contributed by atoms with E-state index in [1.54, 1.807) is 12.1 Å². The molecule has 3 rings (SSSR count). The van der Waals surface area contributed by atoms with Crippen LogP contribution >= 0.6 is 0 Å². The van der Waals surface area contributed by atoms with Crippen LogP contribution in [0.4, 0.5) is 4.79 Å². The van der Waals surface area contributed by atoms with E-state index >= 15 is 0 Å². The Morgan fingerprint density at radius 1 is 0.800 bits per heavy atom. The van der Waals surface area contributed by atoms with Gasteiger partial charge in [0, 0.05) is 0 Å². The lowest BCUT2D eigenvalue weighted by molar-refractivity contribution is 0.0201. The molecule has 0 aliphatic rings. The second-order valence-electron chi connectivity index (χ2n) is 9.06. The molecule has 0 heterocycles. The highest BCUT2D eigenvalue weighted by Gasteiger charge is 2.20. The molecule has 1 atom stereocenters. The number of carbonyl (C=O) groups excluding carboxylic acids is 2. The maximum atomic E-state index is 12.8. The quantitative estimate of drug-likeness (QED) is 0.219. The van der Waals surface area contributed by atoms with Crippen molar-refractivity contribution >= 4 is 12.1 Å². The van der Waals surface area contributed by atoms with E-state index in [4.69, 9.17) is 9.47 Å². The molecule has 0 saturated heterocycles. The molecule has 184 valence electrons. The van der Waals surface area contributed by atoms with Crippen molar-refractivity contribution in [2.45, 2.75) is 65.9 Å². The molecule has 0 aliphatic heterocycles. The average Bonchev–Trinajstić information content (AvgIpc) is 2.88. The van der Waals surface area contributed by atoms with E-state index in [9.17, 15) is 9.59 Å². The van der Waals surface area contributed by atoms with Gasteiger partial charge in [0.1, 0.15) is 6.10 Å². The van der Waals surface area contributed by atoms with Crippen molar-refractivity contribution in [3.63, 3.8) is 0 Å². The number of carbonyl (C=O) groups is 2. The van der Waals surface area contributed by atoms with E-state index in [0.29, 0.717) is 11.5 Å². The number of rotatable bonds is 10. The average molecular weight is 473 g/mol. The molecule has 0 saturated carbocycles. The van der Waals surface area contributed by atoms with Crippen molar-refractivity contribution in [2.24, 2.45) is 5.92 Å². The molecule has 3 aromatic carbocycles. The fourth-order valence-corrected chi connectivity index (χ4v) is 4.38. The van der Waals surface area contributed by atoms with E-state index in [1.807, 2.05) is 43.3 Å². The van der Waals surface area contributed by atoms with Crippen molar-refractivity contribution in [1.29, 1.82) is 0 Å². The molecule has 0 aromatic heterocycles. The zero-order valence-corrected chi connectivity index (χ0v) is 21.3. The topological polar surface area (TPSA) is 52.6 Å². The van der Waals surface area contributed by atoms with Crippen LogP contribution in [0, 0.1) is 5.92 Å². The van der Waals surface area contributed by atoms with Crippen LogP contribution in [0.5, 0.6) is 0 Å². The highest BCUT2D eigenvalue weighted by molar-refractivity contribution is 5.98. The van der Waals surface area contributed by atoms with Gasteiger partial charge in [0.05, 0.1) is 5.56 Å². The molecule has 0 bridgehead atoms. The monoisotopic (exact) mass is 472 g/mol. The molecule has 0 fully saturated rings. The molecule has 0 N–H and O–H groups in total. The summed E-state index contributed by atoms with van der Waals surface area (Å²) in [5, 5.41) is 0. The summed E-state index contributed by atoms with van der Waals surface area (Å²) in [4.78, 5) is 25.1. The normalized spacial score (nSPS) is 11.8. The van der Waals surface area contributed by atoms with E-state index in [1.165, 1.54) is 5.56 Å². The van der Waals surface area contributed by atoms with Gasteiger partial charge in [-0.3, -0.25) is 0 Å². The Hall–Kier alpha value is -3.40. The third-order valence-corrected chi connectivity index (χ3v) is 6.44. The molecule has 0 aliphatic carbocycles. The van der Waals surface area contributed by atoms with Crippen molar-refractivity contribution in [3.8, 4) is 22.3 Å². The smallest absolute Gasteiger partial charge is 0.431 e. The summed E-state index contributed by atoms with van der Waals surface area (Å²) in [5.74, 6) is -0.239. The minimum atomic E-state index is -0.953. The van der Waals surface area contributed by atoms with Gasteiger partial charge in [0.15, 0.2) is 0 Å². The molecule has 35 heavy (non-hydrogen) atoms. The maximum Gasteiger partial charge on any atom is 0.516 e. The molecular formula is C31H36O4. The number of esters is 1. The predicted molar refractivity (Wildman–Crippen MR) is 141 cm³/mol. The lowest BCUT2D eigenvalue weighted by Gasteiger charge is -2.18. The molecule has 0 spiro atoms. The Morgan fingerprint density at radius 2 is 1.46 bits per heavy atom. The zero-order valence-electron chi connectivity index (χ0n) is 21.3. The van der Waals surface area contributed by atoms with Crippen molar-refractivity contribution in [1.82, 2.24) is 0 Å². The second kappa shape index (κ2) is 12.9. The minimum absolute atomic E-state index is 0.305. The molecule has 0 amide bonds. The lowest BCUT2D eigenvalue weighted by Crippen LogP contribution is -2.21. The van der Waals surface area contributed by atoms with Crippen LogP contribution in [0.25, 0.3) is 22.3 Å². The Morgan fingerprint density at radius 3 is 2.09 bits per heavy atom. The maximum absolute atomic E-state index is 12.8. The summed E-state index contributed by atoms with van der Waals surface area (Å²) in [6.45, 7) is 8.24. The van der Waals surface area contributed by atoms with Crippen LogP contribution in [0.3, 0.4) is 0 Å². The van der Waals surface area contributed by atoms with Crippen LogP contribution in [0.15, 0.2) is 72.8 Å². The van der Waals surface area contributed by atoms with Gasteiger partial charge >= 0.3 is 12.1 Å². The number of aryl methyl sites for hydroxylation is 1. The van der Waals surface area contributed by atoms with Gasteiger partial charge in [-0.2, -0.15) is 0 Å². The van der Waals surface area contributed by atoms with Crippen molar-refractivity contribution in [3.05, 3.63) is 83.9 Å². The van der Waals surface area contributed by atoms with Gasteiger partial charge in [-0.05, 0) is 65.6 Å². The van der Waals surface area contributed by atoms with Gasteiger partial charge in [-0.1, -0.05) is 101 Å². The molecule has 0 unspecified atom stereocenters. The fraction of sp³-hybridized carbons (Fsp3) is 0.355. The summed E-state index contributed by atoms with van der Waals surface area (Å²) in [6.07, 6.45) is 3.68. The van der Waals surface area contributed by atoms with Crippen LogP contribution < -0.4 is 0 Å². The fourth-order valence-electron chi connectivity index (χ4n) is 4.38. The van der Waals surface area contributed by atoms with E-state index in [0.717, 1.165) is 54.4 Å². The summed E-state index contributed by atoms with van der Waals surface area (Å²) in [5.41, 5.74) is 5.57. The second-order valence-corrected chi connectivity index (χ2v) is 9.06. The standard InChI is InChI=1S/C31H36O4/c1-5-11-24-14-16-26(17-15-24)28-19-18-27(21-29(28)25-12-9-8-10-13-25)30(32)35-31(33)34-22(4)20-23(6-2)7-3/h8-10,12-19,21-23H,5-7,11,20H2,1-4H3/t22-/m1/s1. The highest BCUT2D eigenvalue weighted by atomic mass is 16.7. The third-order valence-electron chi connectivity index (χ3n) is 6.44. The largest absolute Gasteiger partial charge is 0.516 e. The van der Waals surface area contributed by atoms with Gasteiger partial charge < -0.3 is 9.47 Å². The number of hydrogen-bond donors (Lipinski definition) is 0. The molecule has 0 radical (unpaired) electrons. The first kappa shape index (κ1) is 26.2. The highest BCUT2D eigenvalue weighted by Crippen LogP contribution is 2.33. The molecule has 4 nitrogen and oxygen atoms in total. The predicted octanol–water partition coefficient (Wildman–Crippen LogP) is 8.48. The Labute approximate surface area is 209 Å². The van der Waals surface area contributed by atoms with Gasteiger partial charge in [-0.15, -0.1) is 0 Å². The summed E-state index contributed by atoms with van der Waals surface area (Å²) in [6, 6.07) is 23.8. The SMILES string of the molecule is CCCc1ccc(-c2ccc(C(=O)OC(=O)O[C@H](C)CC(CC)CC)cc2-c2ccccc2)cc1. The van der Waals surface area contributed by atoms with E-state index in [2.05, 4.69) is 45.0 Å². The number of benzene rings is 3. The van der Waals surface area contributed by atoms with Crippen molar-refractivity contribution in [2.75, 3.05) is 0 Å². The van der Waals surface area contributed by atoms with Crippen LogP contribution in [0.2, 0.25) is 0 Å². The number of hydrogen-bond acceptors (Lipinski definition) is 4. The summed E-state index contributed by atoms with van der Waals surface area (Å²) >= 11 is 0. The number of ether oxygens (including phenoxy) is 2. The first-order chi connectivity index (χ1) is 16.9. The van der Waals surface area contributed by atoms with Gasteiger partial charge in [0.25, 0.3) is 0 Å². The molecule has 3 aromatic rings. The van der Waals surface area contributed by atoms with Crippen LogP contribution in [-0.4, -0.2) is 18.2 Å². The Bertz CT molecular complexity index is 1100. The van der Waals surface area contributed by atoms with E-state index in [-0.39, 0.29) is 6.10 Å². The Kier molecular flexibility index (Phi) is 9.66. The molecular weight excluding hydrogens is 436 g/mol. The summed E-state index contributed by atoms with van der Waals surface area (Å²) < 4.78 is 10.4. The van der Waals surface area contributed by atoms with Gasteiger partial charge in [0.2, 0.25) is 0 Å². The first-order valence-corrected chi connectivity index (χ1v) is 12.7. The zero-order chi connectivity index (χ0) is 25.2. The first-order valence-electron chi connectivity index (χ1n) is 12.7. The minimum Gasteiger partial charge on any atom is -0.431 e. The molecule has 4 heteroatoms. The Balaban J connectivity index is 1.82. The summed E-state index contributed by atoms with van der Waals surface area (Å²) in [7, 11) is 0. The van der Waals surface area contributed by atoms with Crippen molar-refractivity contribution < 1.29 is 19.1 Å². The third kappa shape index (κ3) is 7.29. The lowest BCUT2D eigenvalue weighted by atomic mass is 9.92.